The highest BCUT2D eigenvalue weighted by atomic mass is 32.2. The Bertz CT molecular complexity index is 979. The highest BCUT2D eigenvalue weighted by molar-refractivity contribution is 7.99. The smallest absolute Gasteiger partial charge is 0.257 e. The number of nitrogens with one attached hydrogen (secondary N) is 2. The number of fused-ring (bicyclic) bond motifs is 1. The number of aromatic nitrogens is 3. The van der Waals surface area contributed by atoms with Gasteiger partial charge in [-0.1, -0.05) is 23.9 Å². The van der Waals surface area contributed by atoms with Gasteiger partial charge in [0.25, 0.3) is 5.56 Å². The van der Waals surface area contributed by atoms with Crippen LogP contribution < -0.4 is 10.9 Å². The zero-order chi connectivity index (χ0) is 19.4. The highest BCUT2D eigenvalue weighted by Gasteiger charge is 2.34. The number of aromatic amines is 1. The Morgan fingerprint density at radius 3 is 2.70 bits per heavy atom. The Morgan fingerprint density at radius 1 is 1.30 bits per heavy atom. The highest BCUT2D eigenvalue weighted by Crippen LogP contribution is 2.40. The minimum Gasteiger partial charge on any atom is -0.343 e. The van der Waals surface area contributed by atoms with Crippen molar-refractivity contribution in [2.45, 2.75) is 24.4 Å². The lowest BCUT2D eigenvalue weighted by Crippen LogP contribution is -2.30. The van der Waals surface area contributed by atoms with E-state index in [1.807, 2.05) is 19.1 Å². The van der Waals surface area contributed by atoms with E-state index in [1.54, 1.807) is 24.5 Å². The first-order chi connectivity index (χ1) is 13.1. The molecule has 1 aliphatic rings. The van der Waals surface area contributed by atoms with Crippen LogP contribution in [0.2, 0.25) is 0 Å². The normalized spacial score (nSPS) is 15.7. The summed E-state index contributed by atoms with van der Waals surface area (Å²) in [5, 5.41) is 3.65. The quantitative estimate of drug-likeness (QED) is 0.435. The molecule has 0 radical (unpaired) electrons. The predicted molar refractivity (Wildman–Crippen MR) is 108 cm³/mol. The minimum atomic E-state index is -0.508. The van der Waals surface area contributed by atoms with Crippen LogP contribution >= 0.6 is 11.8 Å². The molecule has 138 valence electrons. The van der Waals surface area contributed by atoms with Crippen molar-refractivity contribution in [3.8, 4) is 0 Å². The molecule has 0 unspecified atom stereocenters. The second kappa shape index (κ2) is 8.18. The summed E-state index contributed by atoms with van der Waals surface area (Å²) in [5.74, 6) is 0.520. The Kier molecular flexibility index (Phi) is 5.71. The Hall–Kier alpha value is -2.93. The van der Waals surface area contributed by atoms with Crippen molar-refractivity contribution in [1.29, 1.82) is 0 Å². The first kappa shape index (κ1) is 18.8. The molecule has 2 aromatic rings. The summed E-state index contributed by atoms with van der Waals surface area (Å²) in [6.07, 6.45) is 6.81. The van der Waals surface area contributed by atoms with Gasteiger partial charge >= 0.3 is 0 Å². The maximum atomic E-state index is 12.9. The zero-order valence-electron chi connectivity index (χ0n) is 15.0. The largest absolute Gasteiger partial charge is 0.343 e. The third-order valence-corrected chi connectivity index (χ3v) is 5.10. The van der Waals surface area contributed by atoms with Gasteiger partial charge in [0.15, 0.2) is 10.9 Å². The van der Waals surface area contributed by atoms with Gasteiger partial charge in [0, 0.05) is 41.8 Å². The number of ketones is 1. The minimum absolute atomic E-state index is 0.0769. The monoisotopic (exact) mass is 380 g/mol. The second-order valence-electron chi connectivity index (χ2n) is 6.03. The molecule has 0 bridgehead atoms. The molecular formula is C20H20N4O2S. The lowest BCUT2D eigenvalue weighted by atomic mass is 9.80. The number of hydrogen-bond donors (Lipinski definition) is 2. The lowest BCUT2D eigenvalue weighted by molar-refractivity contribution is -0.115. The van der Waals surface area contributed by atoms with E-state index in [-0.39, 0.29) is 17.8 Å². The Balaban J connectivity index is 2.20. The van der Waals surface area contributed by atoms with Gasteiger partial charge in [-0.15, -0.1) is 13.2 Å². The summed E-state index contributed by atoms with van der Waals surface area (Å²) >= 11 is 1.39. The number of thioether (sulfide) groups is 1. The van der Waals surface area contributed by atoms with Gasteiger partial charge in [0.05, 0.1) is 5.56 Å². The fraction of sp³-hybridized carbons (Fsp3) is 0.200. The standard InChI is InChI=1S/C20H20N4O2S/c1-4-6-14(25)15-12(3)22-18-17(16(15)13-7-9-21-10-8-13)19(26)24-20(23-18)27-11-5-2/h4-5,7-10,16H,1-2,6,11H2,3H3,(H2,22,23,24,26)/t16-/m0/s1. The summed E-state index contributed by atoms with van der Waals surface area (Å²) in [4.78, 5) is 37.1. The van der Waals surface area contributed by atoms with Crippen LogP contribution in [0.15, 0.2) is 71.1 Å². The van der Waals surface area contributed by atoms with Crippen LogP contribution in [0.4, 0.5) is 5.82 Å². The third kappa shape index (κ3) is 3.78. The average molecular weight is 380 g/mol. The number of Topliss-reactive ketones (excluding diaryl/α,β-unsaturated/α-hetero) is 1. The number of nitrogens with zero attached hydrogens (tertiary/aromatic N) is 2. The van der Waals surface area contributed by atoms with E-state index in [0.29, 0.717) is 33.6 Å². The molecule has 1 atom stereocenters. The number of pyridine rings is 1. The summed E-state index contributed by atoms with van der Waals surface area (Å²) < 4.78 is 0. The van der Waals surface area contributed by atoms with Crippen molar-refractivity contribution in [2.75, 3.05) is 11.1 Å². The van der Waals surface area contributed by atoms with Crippen LogP contribution in [0.1, 0.15) is 30.4 Å². The molecule has 0 saturated heterocycles. The topological polar surface area (TPSA) is 87.7 Å². The third-order valence-electron chi connectivity index (χ3n) is 4.23. The van der Waals surface area contributed by atoms with Crippen molar-refractivity contribution >= 4 is 23.4 Å². The van der Waals surface area contributed by atoms with Gasteiger partial charge in [-0.05, 0) is 24.6 Å². The summed E-state index contributed by atoms with van der Waals surface area (Å²) in [6, 6.07) is 3.63. The Labute approximate surface area is 161 Å². The van der Waals surface area contributed by atoms with Gasteiger partial charge in [-0.25, -0.2) is 4.98 Å². The fourth-order valence-corrected chi connectivity index (χ4v) is 3.73. The predicted octanol–water partition coefficient (Wildman–Crippen LogP) is 3.42. The van der Waals surface area contributed by atoms with Crippen LogP contribution in [0.5, 0.6) is 0 Å². The molecule has 27 heavy (non-hydrogen) atoms. The molecule has 6 nitrogen and oxygen atoms in total. The fourth-order valence-electron chi connectivity index (χ4n) is 3.14. The molecule has 0 aliphatic carbocycles. The molecule has 0 saturated carbocycles. The van der Waals surface area contributed by atoms with E-state index in [2.05, 4.69) is 33.4 Å². The Morgan fingerprint density at radius 2 is 2.04 bits per heavy atom. The molecule has 3 heterocycles. The SMILES string of the molecule is C=CCSc1nc2c(c(=O)[nH]1)[C@@H](c1ccncc1)C(C(=O)CC=C)=C(C)N2. The first-order valence-corrected chi connectivity index (χ1v) is 9.45. The van der Waals surface area contributed by atoms with Crippen LogP contribution in [0, 0.1) is 0 Å². The molecule has 0 aromatic carbocycles. The van der Waals surface area contributed by atoms with Crippen LogP contribution in [0.3, 0.4) is 0 Å². The van der Waals surface area contributed by atoms with Gasteiger partial charge in [-0.2, -0.15) is 0 Å². The number of hydrogen-bond acceptors (Lipinski definition) is 6. The van der Waals surface area contributed by atoms with Crippen molar-refractivity contribution in [2.24, 2.45) is 0 Å². The van der Waals surface area contributed by atoms with Crippen molar-refractivity contribution < 1.29 is 4.79 Å². The number of allylic oxidation sites excluding steroid dienone is 3. The maximum Gasteiger partial charge on any atom is 0.257 e. The van der Waals surface area contributed by atoms with E-state index in [4.69, 9.17) is 0 Å². The lowest BCUT2D eigenvalue weighted by Gasteiger charge is -2.29. The van der Waals surface area contributed by atoms with Gasteiger partial charge < -0.3 is 10.3 Å². The second-order valence-corrected chi connectivity index (χ2v) is 7.03. The summed E-state index contributed by atoms with van der Waals surface area (Å²) in [7, 11) is 0. The van der Waals surface area contributed by atoms with Gasteiger partial charge in [-0.3, -0.25) is 14.6 Å². The molecule has 0 amide bonds. The molecule has 2 aromatic heterocycles. The van der Waals surface area contributed by atoms with Gasteiger partial charge in [0.2, 0.25) is 0 Å². The number of H-pyrrole nitrogens is 1. The van der Waals surface area contributed by atoms with Crippen molar-refractivity contribution in [3.63, 3.8) is 0 Å². The molecular weight excluding hydrogens is 360 g/mol. The average Bonchev–Trinajstić information content (AvgIpc) is 2.66. The van der Waals surface area contributed by atoms with E-state index in [1.165, 1.54) is 11.8 Å². The van der Waals surface area contributed by atoms with Crippen molar-refractivity contribution in [3.05, 3.63) is 82.6 Å². The zero-order valence-corrected chi connectivity index (χ0v) is 15.8. The number of carbonyl (C=O) groups is 1. The van der Waals surface area contributed by atoms with E-state index < -0.39 is 5.92 Å². The molecule has 2 N–H and O–H groups in total. The van der Waals surface area contributed by atoms with E-state index >= 15 is 0 Å². The number of carbonyl (C=O) groups excluding carboxylic acids is 1. The van der Waals surface area contributed by atoms with Crippen LogP contribution in [-0.2, 0) is 4.79 Å². The van der Waals surface area contributed by atoms with Crippen LogP contribution in [-0.4, -0.2) is 26.5 Å². The van der Waals surface area contributed by atoms with Crippen molar-refractivity contribution in [1.82, 2.24) is 15.0 Å². The number of rotatable bonds is 7. The number of anilines is 1. The maximum absolute atomic E-state index is 12.9. The summed E-state index contributed by atoms with van der Waals surface area (Å²) in [5.41, 5.74) is 2.22. The van der Waals surface area contributed by atoms with Gasteiger partial charge in [0.1, 0.15) is 5.82 Å². The van der Waals surface area contributed by atoms with Crippen LogP contribution in [0.25, 0.3) is 0 Å². The molecule has 0 fully saturated rings. The molecule has 7 heteroatoms. The molecule has 1 aliphatic heterocycles. The first-order valence-electron chi connectivity index (χ1n) is 8.46. The molecule has 0 spiro atoms. The molecule has 3 rings (SSSR count). The van der Waals surface area contributed by atoms with E-state index in [0.717, 1.165) is 5.56 Å². The summed E-state index contributed by atoms with van der Waals surface area (Å²) in [6.45, 7) is 9.16. The van der Waals surface area contributed by atoms with E-state index in [9.17, 15) is 9.59 Å².